The molecular formula is C18H18FN. The quantitative estimate of drug-likeness (QED) is 0.818. The average molecular weight is 267 g/mol. The normalized spacial score (nSPS) is 16.4. The number of benzene rings is 2. The molecule has 2 heteroatoms. The Morgan fingerprint density at radius 1 is 0.850 bits per heavy atom. The van der Waals surface area contributed by atoms with Crippen LogP contribution >= 0.6 is 0 Å². The van der Waals surface area contributed by atoms with Gasteiger partial charge < -0.3 is 5.32 Å². The molecule has 0 radical (unpaired) electrons. The van der Waals surface area contributed by atoms with Gasteiger partial charge in [0, 0.05) is 6.04 Å². The lowest BCUT2D eigenvalue weighted by Crippen LogP contribution is -2.31. The van der Waals surface area contributed by atoms with Crippen molar-refractivity contribution in [2.75, 3.05) is 0 Å². The van der Waals surface area contributed by atoms with Crippen LogP contribution in [0.5, 0.6) is 0 Å². The second-order valence-corrected chi connectivity index (χ2v) is 5.20. The second-order valence-electron chi connectivity index (χ2n) is 5.20. The van der Waals surface area contributed by atoms with E-state index in [1.54, 1.807) is 0 Å². The fraction of sp³-hybridized carbons (Fsp3) is 0.222. The molecule has 0 aliphatic heterocycles. The lowest BCUT2D eigenvalue weighted by Gasteiger charge is -2.24. The average Bonchev–Trinajstić information content (AvgIpc) is 3.00. The van der Waals surface area contributed by atoms with Gasteiger partial charge in [0.15, 0.2) is 0 Å². The van der Waals surface area contributed by atoms with Crippen molar-refractivity contribution in [3.8, 4) is 0 Å². The Kier molecular flexibility index (Phi) is 3.93. The molecule has 0 spiro atoms. The molecule has 1 N–H and O–H groups in total. The van der Waals surface area contributed by atoms with Crippen LogP contribution in [0.15, 0.2) is 66.7 Å². The van der Waals surface area contributed by atoms with E-state index < -0.39 is 0 Å². The Labute approximate surface area is 119 Å². The molecule has 102 valence electrons. The molecule has 0 fully saturated rings. The van der Waals surface area contributed by atoms with E-state index in [2.05, 4.69) is 29.6 Å². The summed E-state index contributed by atoms with van der Waals surface area (Å²) in [6, 6.07) is 17.7. The standard InChI is InChI=1S/C18H18FN/c19-16-12-10-15(11-13-16)18(14-6-2-1-3-7-14)20-17-8-4-5-9-17/h1-7,10-13,17-18,20H,8-9H2. The Morgan fingerprint density at radius 2 is 1.45 bits per heavy atom. The van der Waals surface area contributed by atoms with Crippen molar-refractivity contribution in [2.45, 2.75) is 24.9 Å². The third kappa shape index (κ3) is 2.97. The van der Waals surface area contributed by atoms with Gasteiger partial charge in [-0.15, -0.1) is 0 Å². The highest BCUT2D eigenvalue weighted by Gasteiger charge is 2.19. The summed E-state index contributed by atoms with van der Waals surface area (Å²) in [5.74, 6) is -0.192. The SMILES string of the molecule is Fc1ccc(C(NC2CC=CC2)c2ccccc2)cc1. The van der Waals surface area contributed by atoms with Crippen LogP contribution in [0.1, 0.15) is 30.0 Å². The maximum Gasteiger partial charge on any atom is 0.123 e. The van der Waals surface area contributed by atoms with E-state index in [4.69, 9.17) is 0 Å². The molecule has 1 aliphatic carbocycles. The highest BCUT2D eigenvalue weighted by molar-refractivity contribution is 5.32. The summed E-state index contributed by atoms with van der Waals surface area (Å²) in [5.41, 5.74) is 2.32. The maximum absolute atomic E-state index is 13.1. The van der Waals surface area contributed by atoms with Crippen LogP contribution in [-0.2, 0) is 0 Å². The zero-order valence-corrected chi connectivity index (χ0v) is 11.3. The van der Waals surface area contributed by atoms with Gasteiger partial charge in [-0.05, 0) is 36.1 Å². The van der Waals surface area contributed by atoms with Crippen molar-refractivity contribution in [1.29, 1.82) is 0 Å². The first-order valence-electron chi connectivity index (χ1n) is 7.04. The van der Waals surface area contributed by atoms with E-state index in [1.807, 2.05) is 30.3 Å². The van der Waals surface area contributed by atoms with Gasteiger partial charge in [0.05, 0.1) is 6.04 Å². The minimum atomic E-state index is -0.192. The van der Waals surface area contributed by atoms with Crippen LogP contribution in [-0.4, -0.2) is 6.04 Å². The molecule has 0 amide bonds. The Bertz CT molecular complexity index is 566. The minimum Gasteiger partial charge on any atom is -0.303 e. The summed E-state index contributed by atoms with van der Waals surface area (Å²) in [6.07, 6.45) is 6.55. The van der Waals surface area contributed by atoms with Gasteiger partial charge in [0.2, 0.25) is 0 Å². The van der Waals surface area contributed by atoms with Gasteiger partial charge in [-0.1, -0.05) is 54.6 Å². The molecule has 0 saturated heterocycles. The molecule has 3 rings (SSSR count). The van der Waals surface area contributed by atoms with Gasteiger partial charge in [-0.25, -0.2) is 4.39 Å². The van der Waals surface area contributed by atoms with Crippen LogP contribution in [0.4, 0.5) is 4.39 Å². The highest BCUT2D eigenvalue weighted by Crippen LogP contribution is 2.25. The fourth-order valence-corrected chi connectivity index (χ4v) is 2.67. The van der Waals surface area contributed by atoms with Crippen LogP contribution < -0.4 is 5.32 Å². The lowest BCUT2D eigenvalue weighted by molar-refractivity contribution is 0.489. The first-order valence-corrected chi connectivity index (χ1v) is 7.04. The van der Waals surface area contributed by atoms with Crippen LogP contribution in [0.25, 0.3) is 0 Å². The van der Waals surface area contributed by atoms with Crippen LogP contribution in [0.3, 0.4) is 0 Å². The second kappa shape index (κ2) is 6.02. The third-order valence-corrected chi connectivity index (χ3v) is 3.75. The van der Waals surface area contributed by atoms with Crippen molar-refractivity contribution in [3.63, 3.8) is 0 Å². The molecule has 1 unspecified atom stereocenters. The third-order valence-electron chi connectivity index (χ3n) is 3.75. The van der Waals surface area contributed by atoms with Crippen molar-refractivity contribution >= 4 is 0 Å². The Morgan fingerprint density at radius 3 is 2.10 bits per heavy atom. The van der Waals surface area contributed by atoms with Crippen molar-refractivity contribution in [2.24, 2.45) is 0 Å². The summed E-state index contributed by atoms with van der Waals surface area (Å²) in [7, 11) is 0. The van der Waals surface area contributed by atoms with Crippen molar-refractivity contribution in [3.05, 3.63) is 83.7 Å². The van der Waals surface area contributed by atoms with E-state index >= 15 is 0 Å². The molecule has 1 aliphatic rings. The summed E-state index contributed by atoms with van der Waals surface area (Å²) in [4.78, 5) is 0. The van der Waals surface area contributed by atoms with E-state index in [1.165, 1.54) is 17.7 Å². The van der Waals surface area contributed by atoms with Crippen LogP contribution in [0, 0.1) is 5.82 Å². The van der Waals surface area contributed by atoms with Gasteiger partial charge >= 0.3 is 0 Å². The molecule has 1 nitrogen and oxygen atoms in total. The van der Waals surface area contributed by atoms with Gasteiger partial charge in [-0.3, -0.25) is 0 Å². The molecule has 20 heavy (non-hydrogen) atoms. The topological polar surface area (TPSA) is 12.0 Å². The number of halogens is 1. The van der Waals surface area contributed by atoms with E-state index in [0.29, 0.717) is 6.04 Å². The van der Waals surface area contributed by atoms with E-state index in [0.717, 1.165) is 18.4 Å². The van der Waals surface area contributed by atoms with Gasteiger partial charge in [0.1, 0.15) is 5.82 Å². The predicted octanol–water partition coefficient (Wildman–Crippen LogP) is 4.22. The predicted molar refractivity (Wildman–Crippen MR) is 80.0 cm³/mol. The van der Waals surface area contributed by atoms with Gasteiger partial charge in [-0.2, -0.15) is 0 Å². The first kappa shape index (κ1) is 13.1. The van der Waals surface area contributed by atoms with Crippen LogP contribution in [0.2, 0.25) is 0 Å². The first-order chi connectivity index (χ1) is 9.83. The number of nitrogens with one attached hydrogen (secondary N) is 1. The largest absolute Gasteiger partial charge is 0.303 e. The minimum absolute atomic E-state index is 0.113. The van der Waals surface area contributed by atoms with Gasteiger partial charge in [0.25, 0.3) is 0 Å². The molecular weight excluding hydrogens is 249 g/mol. The zero-order valence-electron chi connectivity index (χ0n) is 11.3. The summed E-state index contributed by atoms with van der Waals surface area (Å²) in [5, 5.41) is 3.68. The zero-order chi connectivity index (χ0) is 13.8. The molecule has 1 atom stereocenters. The fourth-order valence-electron chi connectivity index (χ4n) is 2.67. The van der Waals surface area contributed by atoms with E-state index in [9.17, 15) is 4.39 Å². The summed E-state index contributed by atoms with van der Waals surface area (Å²) in [6.45, 7) is 0. The smallest absolute Gasteiger partial charge is 0.123 e. The molecule has 2 aromatic carbocycles. The Hall–Kier alpha value is -1.93. The van der Waals surface area contributed by atoms with Crippen molar-refractivity contribution in [1.82, 2.24) is 5.32 Å². The van der Waals surface area contributed by atoms with E-state index in [-0.39, 0.29) is 11.9 Å². The summed E-state index contributed by atoms with van der Waals surface area (Å²) >= 11 is 0. The monoisotopic (exact) mass is 267 g/mol. The summed E-state index contributed by atoms with van der Waals surface area (Å²) < 4.78 is 13.1. The Balaban J connectivity index is 1.88. The maximum atomic E-state index is 13.1. The molecule has 0 heterocycles. The number of hydrogen-bond acceptors (Lipinski definition) is 1. The molecule has 0 bridgehead atoms. The van der Waals surface area contributed by atoms with Crippen molar-refractivity contribution < 1.29 is 4.39 Å². The highest BCUT2D eigenvalue weighted by atomic mass is 19.1. The molecule has 0 saturated carbocycles. The lowest BCUT2D eigenvalue weighted by atomic mass is 9.97. The number of rotatable bonds is 4. The number of hydrogen-bond donors (Lipinski definition) is 1. The molecule has 0 aromatic heterocycles. The molecule has 2 aromatic rings.